The maximum Gasteiger partial charge on any atom is 0.227 e. The van der Waals surface area contributed by atoms with E-state index >= 15 is 0 Å². The lowest BCUT2D eigenvalue weighted by atomic mass is 10.1. The SMILES string of the molecule is COc1ccc(CC(=O)N2CCN(C(=O)CCCOc3ccccc3)CC2)cc1OC. The van der Waals surface area contributed by atoms with Crippen molar-refractivity contribution in [3.05, 3.63) is 54.1 Å². The van der Waals surface area contributed by atoms with Crippen LogP contribution in [0.2, 0.25) is 0 Å². The fraction of sp³-hybridized carbons (Fsp3) is 0.417. The molecule has 2 amide bonds. The van der Waals surface area contributed by atoms with Crippen LogP contribution in [-0.2, 0) is 16.0 Å². The zero-order valence-electron chi connectivity index (χ0n) is 18.2. The Kier molecular flexibility index (Phi) is 8.15. The van der Waals surface area contributed by atoms with E-state index in [9.17, 15) is 9.59 Å². The number of carbonyl (C=O) groups is 2. The summed E-state index contributed by atoms with van der Waals surface area (Å²) in [6.45, 7) is 2.75. The number of carbonyl (C=O) groups excluding carboxylic acids is 2. The molecule has 31 heavy (non-hydrogen) atoms. The molecule has 7 heteroatoms. The third-order valence-electron chi connectivity index (χ3n) is 5.34. The first-order valence-electron chi connectivity index (χ1n) is 10.5. The minimum atomic E-state index is 0.0515. The van der Waals surface area contributed by atoms with E-state index in [4.69, 9.17) is 14.2 Å². The lowest BCUT2D eigenvalue weighted by molar-refractivity contribution is -0.139. The minimum Gasteiger partial charge on any atom is -0.494 e. The van der Waals surface area contributed by atoms with Crippen LogP contribution in [0.1, 0.15) is 18.4 Å². The Hall–Kier alpha value is -3.22. The van der Waals surface area contributed by atoms with Gasteiger partial charge in [-0.05, 0) is 36.2 Å². The van der Waals surface area contributed by atoms with Gasteiger partial charge >= 0.3 is 0 Å². The quantitative estimate of drug-likeness (QED) is 0.577. The van der Waals surface area contributed by atoms with Crippen LogP contribution in [0.4, 0.5) is 0 Å². The van der Waals surface area contributed by atoms with Gasteiger partial charge in [0.2, 0.25) is 11.8 Å². The number of ether oxygens (including phenoxy) is 3. The number of para-hydroxylation sites is 1. The van der Waals surface area contributed by atoms with Crippen molar-refractivity contribution in [3.63, 3.8) is 0 Å². The van der Waals surface area contributed by atoms with Crippen LogP contribution in [0.5, 0.6) is 17.2 Å². The smallest absolute Gasteiger partial charge is 0.227 e. The number of hydrogen-bond donors (Lipinski definition) is 0. The highest BCUT2D eigenvalue weighted by Crippen LogP contribution is 2.28. The summed E-state index contributed by atoms with van der Waals surface area (Å²) < 4.78 is 16.2. The maximum atomic E-state index is 12.7. The van der Waals surface area contributed by atoms with Gasteiger partial charge in [-0.3, -0.25) is 9.59 Å². The Labute approximate surface area is 183 Å². The molecule has 3 rings (SSSR count). The molecule has 1 fully saturated rings. The Balaban J connectivity index is 1.39. The zero-order valence-corrected chi connectivity index (χ0v) is 18.2. The summed E-state index contributed by atoms with van der Waals surface area (Å²) in [5.41, 5.74) is 0.875. The first-order chi connectivity index (χ1) is 15.1. The van der Waals surface area contributed by atoms with Crippen molar-refractivity contribution < 1.29 is 23.8 Å². The molecule has 1 aliphatic heterocycles. The van der Waals surface area contributed by atoms with Crippen LogP contribution >= 0.6 is 0 Å². The van der Waals surface area contributed by atoms with Gasteiger partial charge in [-0.1, -0.05) is 24.3 Å². The Morgan fingerprint density at radius 1 is 0.839 bits per heavy atom. The average molecular weight is 427 g/mol. The summed E-state index contributed by atoms with van der Waals surface area (Å²) in [5, 5.41) is 0. The molecule has 1 saturated heterocycles. The lowest BCUT2D eigenvalue weighted by Gasteiger charge is -2.35. The summed E-state index contributed by atoms with van der Waals surface area (Å²) in [6, 6.07) is 15.1. The standard InChI is InChI=1S/C24H30N2O5/c1-29-21-11-10-19(17-22(21)30-2)18-24(28)26-14-12-25(13-15-26)23(27)9-6-16-31-20-7-4-3-5-8-20/h3-5,7-8,10-11,17H,6,9,12-16,18H2,1-2H3. The van der Waals surface area contributed by atoms with Crippen LogP contribution in [0.25, 0.3) is 0 Å². The first kappa shape index (κ1) is 22.5. The number of nitrogens with zero attached hydrogens (tertiary/aromatic N) is 2. The van der Waals surface area contributed by atoms with E-state index < -0.39 is 0 Å². The number of hydrogen-bond acceptors (Lipinski definition) is 5. The number of piperazine rings is 1. The van der Waals surface area contributed by atoms with Gasteiger partial charge in [-0.2, -0.15) is 0 Å². The molecule has 2 aromatic rings. The molecule has 1 aliphatic rings. The van der Waals surface area contributed by atoms with Gasteiger partial charge < -0.3 is 24.0 Å². The molecule has 2 aromatic carbocycles. The minimum absolute atomic E-state index is 0.0515. The topological polar surface area (TPSA) is 68.3 Å². The molecular formula is C24H30N2O5. The Morgan fingerprint density at radius 3 is 2.13 bits per heavy atom. The molecule has 166 valence electrons. The number of rotatable bonds is 9. The molecular weight excluding hydrogens is 396 g/mol. The molecule has 7 nitrogen and oxygen atoms in total. The summed E-state index contributed by atoms with van der Waals surface area (Å²) in [4.78, 5) is 28.8. The van der Waals surface area contributed by atoms with Gasteiger partial charge in [0, 0.05) is 32.6 Å². The van der Waals surface area contributed by atoms with Crippen LogP contribution in [0.3, 0.4) is 0 Å². The van der Waals surface area contributed by atoms with Gasteiger partial charge in [0.25, 0.3) is 0 Å². The molecule has 0 aromatic heterocycles. The molecule has 1 heterocycles. The largest absolute Gasteiger partial charge is 0.494 e. The van der Waals surface area contributed by atoms with Crippen LogP contribution < -0.4 is 14.2 Å². The van der Waals surface area contributed by atoms with E-state index in [1.807, 2.05) is 52.3 Å². The van der Waals surface area contributed by atoms with Crippen molar-refractivity contribution in [2.45, 2.75) is 19.3 Å². The molecule has 0 unspecified atom stereocenters. The van der Waals surface area contributed by atoms with Crippen molar-refractivity contribution in [3.8, 4) is 17.2 Å². The zero-order chi connectivity index (χ0) is 22.1. The van der Waals surface area contributed by atoms with E-state index in [2.05, 4.69) is 0 Å². The number of methoxy groups -OCH3 is 2. The number of amides is 2. The highest BCUT2D eigenvalue weighted by molar-refractivity contribution is 5.80. The molecule has 0 aliphatic carbocycles. The second-order valence-corrected chi connectivity index (χ2v) is 7.39. The Bertz CT molecular complexity index is 864. The predicted molar refractivity (Wildman–Crippen MR) is 118 cm³/mol. The highest BCUT2D eigenvalue weighted by Gasteiger charge is 2.24. The molecule has 0 spiro atoms. The predicted octanol–water partition coefficient (Wildman–Crippen LogP) is 2.78. The monoisotopic (exact) mass is 426 g/mol. The van der Waals surface area contributed by atoms with Crippen LogP contribution in [0.15, 0.2) is 48.5 Å². The molecule has 0 atom stereocenters. The van der Waals surface area contributed by atoms with E-state index in [0.29, 0.717) is 63.5 Å². The van der Waals surface area contributed by atoms with Crippen molar-refractivity contribution in [2.24, 2.45) is 0 Å². The van der Waals surface area contributed by atoms with E-state index in [1.165, 1.54) is 0 Å². The molecule has 0 radical (unpaired) electrons. The highest BCUT2D eigenvalue weighted by atomic mass is 16.5. The van der Waals surface area contributed by atoms with E-state index in [0.717, 1.165) is 11.3 Å². The second-order valence-electron chi connectivity index (χ2n) is 7.39. The fourth-order valence-corrected chi connectivity index (χ4v) is 3.57. The van der Waals surface area contributed by atoms with Crippen molar-refractivity contribution in [2.75, 3.05) is 47.0 Å². The van der Waals surface area contributed by atoms with Crippen LogP contribution in [0, 0.1) is 0 Å². The van der Waals surface area contributed by atoms with Gasteiger partial charge in [0.15, 0.2) is 11.5 Å². The van der Waals surface area contributed by atoms with Crippen molar-refractivity contribution in [1.82, 2.24) is 9.80 Å². The fourth-order valence-electron chi connectivity index (χ4n) is 3.57. The molecule has 0 saturated carbocycles. The first-order valence-corrected chi connectivity index (χ1v) is 10.5. The van der Waals surface area contributed by atoms with Gasteiger partial charge in [0.1, 0.15) is 5.75 Å². The summed E-state index contributed by atoms with van der Waals surface area (Å²) in [7, 11) is 3.16. The van der Waals surface area contributed by atoms with Gasteiger partial charge in [0.05, 0.1) is 27.2 Å². The normalized spacial score (nSPS) is 13.6. The summed E-state index contributed by atoms with van der Waals surface area (Å²) in [5.74, 6) is 2.23. The number of benzene rings is 2. The average Bonchev–Trinajstić information content (AvgIpc) is 2.82. The second kappa shape index (κ2) is 11.2. The maximum absolute atomic E-state index is 12.7. The van der Waals surface area contributed by atoms with Crippen molar-refractivity contribution in [1.29, 1.82) is 0 Å². The van der Waals surface area contributed by atoms with Crippen molar-refractivity contribution >= 4 is 11.8 Å². The molecule has 0 bridgehead atoms. The van der Waals surface area contributed by atoms with E-state index in [-0.39, 0.29) is 11.8 Å². The summed E-state index contributed by atoms with van der Waals surface area (Å²) >= 11 is 0. The Morgan fingerprint density at radius 2 is 1.48 bits per heavy atom. The molecule has 0 N–H and O–H groups in total. The van der Waals surface area contributed by atoms with Gasteiger partial charge in [-0.25, -0.2) is 0 Å². The van der Waals surface area contributed by atoms with Crippen LogP contribution in [-0.4, -0.2) is 68.6 Å². The van der Waals surface area contributed by atoms with E-state index in [1.54, 1.807) is 20.3 Å². The van der Waals surface area contributed by atoms with Gasteiger partial charge in [-0.15, -0.1) is 0 Å². The lowest BCUT2D eigenvalue weighted by Crippen LogP contribution is -2.51. The third kappa shape index (κ3) is 6.38. The third-order valence-corrected chi connectivity index (χ3v) is 5.34. The summed E-state index contributed by atoms with van der Waals surface area (Å²) in [6.07, 6.45) is 1.42.